The van der Waals surface area contributed by atoms with Crippen molar-refractivity contribution in [1.82, 2.24) is 0 Å². The van der Waals surface area contributed by atoms with E-state index in [0.717, 1.165) is 5.75 Å². The largest absolute Gasteiger partial charge is 0.494 e. The molecule has 0 unspecified atom stereocenters. The van der Waals surface area contributed by atoms with Gasteiger partial charge in [0.05, 0.1) is 18.6 Å². The Balaban J connectivity index is 1.75. The van der Waals surface area contributed by atoms with Gasteiger partial charge in [0.2, 0.25) is 0 Å². The van der Waals surface area contributed by atoms with Gasteiger partial charge < -0.3 is 19.2 Å². The van der Waals surface area contributed by atoms with Crippen LogP contribution in [0.4, 0.5) is 5.69 Å². The van der Waals surface area contributed by atoms with Crippen molar-refractivity contribution in [1.29, 1.82) is 0 Å². The highest BCUT2D eigenvalue weighted by Gasteiger charge is 2.12. The Morgan fingerprint density at radius 2 is 1.75 bits per heavy atom. The molecule has 5 nitrogen and oxygen atoms in total. The zero-order chi connectivity index (χ0) is 16.8. The Hall–Kier alpha value is -3.21. The number of nitrogens with one attached hydrogen (secondary N) is 1. The molecule has 3 aromatic rings. The summed E-state index contributed by atoms with van der Waals surface area (Å²) in [5, 5.41) is 2.78. The van der Waals surface area contributed by atoms with E-state index < -0.39 is 0 Å². The van der Waals surface area contributed by atoms with E-state index in [4.69, 9.17) is 13.9 Å². The lowest BCUT2D eigenvalue weighted by molar-refractivity contribution is 0.0996. The first-order valence-electron chi connectivity index (χ1n) is 7.61. The zero-order valence-corrected chi connectivity index (χ0v) is 13.2. The minimum absolute atomic E-state index is 0.242. The Labute approximate surface area is 139 Å². The third kappa shape index (κ3) is 3.76. The number of rotatable bonds is 6. The Kier molecular flexibility index (Phi) is 4.81. The summed E-state index contributed by atoms with van der Waals surface area (Å²) in [6.07, 6.45) is 1.46. The van der Waals surface area contributed by atoms with Crippen molar-refractivity contribution in [3.05, 3.63) is 72.7 Å². The molecule has 0 radical (unpaired) electrons. The smallest absolute Gasteiger partial charge is 0.291 e. The van der Waals surface area contributed by atoms with E-state index >= 15 is 0 Å². The van der Waals surface area contributed by atoms with Gasteiger partial charge >= 0.3 is 0 Å². The molecule has 1 N–H and O–H groups in total. The summed E-state index contributed by atoms with van der Waals surface area (Å²) in [6, 6.07) is 17.8. The quantitative estimate of drug-likeness (QED) is 0.713. The SMILES string of the molecule is CCOc1ccc(Oc2ccccc2NC(=O)c2ccco2)cc1. The van der Waals surface area contributed by atoms with Crippen LogP contribution in [-0.2, 0) is 0 Å². The van der Waals surface area contributed by atoms with Gasteiger partial charge in [0.25, 0.3) is 5.91 Å². The minimum Gasteiger partial charge on any atom is -0.494 e. The Bertz CT molecular complexity index is 794. The van der Waals surface area contributed by atoms with E-state index in [9.17, 15) is 4.79 Å². The van der Waals surface area contributed by atoms with Crippen LogP contribution >= 0.6 is 0 Å². The standard InChI is InChI=1S/C19H17NO4/c1-2-22-14-9-11-15(12-10-14)24-17-7-4-3-6-16(17)20-19(21)18-8-5-13-23-18/h3-13H,2H2,1H3,(H,20,21). The van der Waals surface area contributed by atoms with Gasteiger partial charge in [-0.3, -0.25) is 4.79 Å². The highest BCUT2D eigenvalue weighted by molar-refractivity contribution is 6.03. The van der Waals surface area contributed by atoms with Crippen LogP contribution in [0.5, 0.6) is 17.2 Å². The molecule has 5 heteroatoms. The third-order valence-corrected chi connectivity index (χ3v) is 3.24. The fraction of sp³-hybridized carbons (Fsp3) is 0.105. The summed E-state index contributed by atoms with van der Waals surface area (Å²) in [4.78, 5) is 12.1. The number of amides is 1. The molecule has 1 aromatic heterocycles. The van der Waals surface area contributed by atoms with Crippen molar-refractivity contribution < 1.29 is 18.7 Å². The molecule has 0 bridgehead atoms. The Morgan fingerprint density at radius 1 is 1.00 bits per heavy atom. The molecule has 0 aliphatic heterocycles. The van der Waals surface area contributed by atoms with Crippen molar-refractivity contribution in [2.45, 2.75) is 6.92 Å². The van der Waals surface area contributed by atoms with Crippen molar-refractivity contribution in [2.24, 2.45) is 0 Å². The van der Waals surface area contributed by atoms with E-state index in [1.807, 2.05) is 43.3 Å². The van der Waals surface area contributed by atoms with E-state index in [2.05, 4.69) is 5.32 Å². The molecule has 24 heavy (non-hydrogen) atoms. The normalized spacial score (nSPS) is 10.2. The summed E-state index contributed by atoms with van der Waals surface area (Å²) in [5.41, 5.74) is 0.563. The summed E-state index contributed by atoms with van der Waals surface area (Å²) < 4.78 is 16.4. The molecular weight excluding hydrogens is 306 g/mol. The molecule has 0 aliphatic rings. The van der Waals surface area contributed by atoms with Crippen LogP contribution in [0.25, 0.3) is 0 Å². The van der Waals surface area contributed by atoms with Gasteiger partial charge in [0, 0.05) is 0 Å². The number of carbonyl (C=O) groups is 1. The fourth-order valence-electron chi connectivity index (χ4n) is 2.15. The molecular formula is C19H17NO4. The van der Waals surface area contributed by atoms with Crippen LogP contribution in [0.15, 0.2) is 71.3 Å². The van der Waals surface area contributed by atoms with Crippen molar-refractivity contribution in [3.8, 4) is 17.2 Å². The number of ether oxygens (including phenoxy) is 2. The third-order valence-electron chi connectivity index (χ3n) is 3.24. The topological polar surface area (TPSA) is 60.7 Å². The number of anilines is 1. The van der Waals surface area contributed by atoms with Gasteiger partial charge in [0.1, 0.15) is 11.5 Å². The second-order valence-electron chi connectivity index (χ2n) is 4.93. The van der Waals surface area contributed by atoms with Gasteiger partial charge in [-0.25, -0.2) is 0 Å². The van der Waals surface area contributed by atoms with Gasteiger partial charge in [-0.05, 0) is 55.5 Å². The van der Waals surface area contributed by atoms with E-state index in [1.165, 1.54) is 6.26 Å². The monoisotopic (exact) mass is 323 g/mol. The number of benzene rings is 2. The first-order chi connectivity index (χ1) is 11.8. The molecule has 1 heterocycles. The average Bonchev–Trinajstić information content (AvgIpc) is 3.13. The summed E-state index contributed by atoms with van der Waals surface area (Å²) in [5.74, 6) is 1.89. The van der Waals surface area contributed by atoms with Crippen LogP contribution in [-0.4, -0.2) is 12.5 Å². The second-order valence-corrected chi connectivity index (χ2v) is 4.93. The highest BCUT2D eigenvalue weighted by Crippen LogP contribution is 2.30. The molecule has 1 amide bonds. The molecule has 0 saturated heterocycles. The minimum atomic E-state index is -0.331. The lowest BCUT2D eigenvalue weighted by atomic mass is 10.2. The summed E-state index contributed by atoms with van der Waals surface area (Å²) in [6.45, 7) is 2.55. The van der Waals surface area contributed by atoms with Crippen LogP contribution in [0, 0.1) is 0 Å². The molecule has 0 fully saturated rings. The van der Waals surface area contributed by atoms with Gasteiger partial charge in [0.15, 0.2) is 11.5 Å². The van der Waals surface area contributed by atoms with Crippen LogP contribution in [0.1, 0.15) is 17.5 Å². The molecule has 2 aromatic carbocycles. The fourth-order valence-corrected chi connectivity index (χ4v) is 2.15. The summed E-state index contributed by atoms with van der Waals surface area (Å²) in [7, 11) is 0. The van der Waals surface area contributed by atoms with E-state index in [-0.39, 0.29) is 11.7 Å². The summed E-state index contributed by atoms with van der Waals surface area (Å²) >= 11 is 0. The van der Waals surface area contributed by atoms with Crippen LogP contribution in [0.3, 0.4) is 0 Å². The molecule has 0 spiro atoms. The van der Waals surface area contributed by atoms with Crippen molar-refractivity contribution >= 4 is 11.6 Å². The maximum Gasteiger partial charge on any atom is 0.291 e. The maximum absolute atomic E-state index is 12.1. The molecule has 0 atom stereocenters. The molecule has 3 rings (SSSR count). The lowest BCUT2D eigenvalue weighted by Crippen LogP contribution is -2.11. The van der Waals surface area contributed by atoms with Crippen molar-refractivity contribution in [2.75, 3.05) is 11.9 Å². The number of hydrogen-bond acceptors (Lipinski definition) is 4. The van der Waals surface area contributed by atoms with Crippen LogP contribution < -0.4 is 14.8 Å². The van der Waals surface area contributed by atoms with Gasteiger partial charge in [-0.15, -0.1) is 0 Å². The molecule has 0 saturated carbocycles. The highest BCUT2D eigenvalue weighted by atomic mass is 16.5. The van der Waals surface area contributed by atoms with Gasteiger partial charge in [-0.1, -0.05) is 12.1 Å². The zero-order valence-electron chi connectivity index (χ0n) is 13.2. The van der Waals surface area contributed by atoms with E-state index in [0.29, 0.717) is 23.8 Å². The number of furan rings is 1. The predicted octanol–water partition coefficient (Wildman–Crippen LogP) is 4.72. The molecule has 122 valence electrons. The molecule has 0 aliphatic carbocycles. The number of para-hydroxylation sites is 2. The maximum atomic E-state index is 12.1. The predicted molar refractivity (Wildman–Crippen MR) is 90.8 cm³/mol. The average molecular weight is 323 g/mol. The number of hydrogen-bond donors (Lipinski definition) is 1. The lowest BCUT2D eigenvalue weighted by Gasteiger charge is -2.12. The van der Waals surface area contributed by atoms with Crippen LogP contribution in [0.2, 0.25) is 0 Å². The second kappa shape index (κ2) is 7.37. The first kappa shape index (κ1) is 15.7. The van der Waals surface area contributed by atoms with Crippen molar-refractivity contribution in [3.63, 3.8) is 0 Å². The first-order valence-corrected chi connectivity index (χ1v) is 7.61. The van der Waals surface area contributed by atoms with Gasteiger partial charge in [-0.2, -0.15) is 0 Å². The van der Waals surface area contributed by atoms with E-state index in [1.54, 1.807) is 24.3 Å². The number of carbonyl (C=O) groups excluding carboxylic acids is 1. The Morgan fingerprint density at radius 3 is 2.46 bits per heavy atom.